The summed E-state index contributed by atoms with van der Waals surface area (Å²) in [7, 11) is 0. The van der Waals surface area contributed by atoms with E-state index in [0.29, 0.717) is 0 Å². The number of piperidine rings is 1. The van der Waals surface area contributed by atoms with Gasteiger partial charge in [-0.25, -0.2) is 0 Å². The molecule has 0 unspecified atom stereocenters. The Bertz CT molecular complexity index is 1150. The number of para-hydroxylation sites is 1. The van der Waals surface area contributed by atoms with Crippen LogP contribution in [0.2, 0.25) is 0 Å². The van der Waals surface area contributed by atoms with Crippen molar-refractivity contribution in [2.24, 2.45) is 0 Å². The molecule has 30 heavy (non-hydrogen) atoms. The molecule has 1 saturated heterocycles. The van der Waals surface area contributed by atoms with E-state index in [2.05, 4.69) is 23.5 Å². The molecule has 0 atom stereocenters. The molecule has 2 aliphatic rings. The Labute approximate surface area is 175 Å². The molecule has 5 nitrogen and oxygen atoms in total. The third kappa shape index (κ3) is 3.37. The molecule has 3 aromatic carbocycles. The topological polar surface area (TPSA) is 64.4 Å². The Morgan fingerprint density at radius 1 is 0.900 bits per heavy atom. The number of fused-ring (bicyclic) bond motifs is 3. The first-order valence-electron chi connectivity index (χ1n) is 10.3. The zero-order valence-corrected chi connectivity index (χ0v) is 16.5. The molecule has 0 bridgehead atoms. The molecule has 0 radical (unpaired) electrons. The summed E-state index contributed by atoms with van der Waals surface area (Å²) >= 11 is 0. The monoisotopic (exact) mass is 398 g/mol. The van der Waals surface area contributed by atoms with Crippen molar-refractivity contribution in [3.8, 4) is 16.9 Å². The maximum absolute atomic E-state index is 11.4. The van der Waals surface area contributed by atoms with Crippen LogP contribution in [0.5, 0.6) is 5.75 Å². The van der Waals surface area contributed by atoms with Gasteiger partial charge in [0, 0.05) is 17.7 Å². The van der Waals surface area contributed by atoms with Crippen LogP contribution in [-0.4, -0.2) is 24.1 Å². The largest absolute Gasteiger partial charge is 0.490 e. The van der Waals surface area contributed by atoms with Gasteiger partial charge in [0.1, 0.15) is 11.9 Å². The van der Waals surface area contributed by atoms with Gasteiger partial charge in [-0.3, -0.25) is 10.1 Å². The second-order valence-electron chi connectivity index (χ2n) is 7.70. The molecular weight excluding hydrogens is 376 g/mol. The summed E-state index contributed by atoms with van der Waals surface area (Å²) in [6, 6.07) is 21.3. The molecule has 1 fully saturated rings. The summed E-state index contributed by atoms with van der Waals surface area (Å²) in [5.41, 5.74) is 6.19. The SMILES string of the molecule is O=[N+]([O-])c1ccc2c(c1)/C(=C/c1ccccc1OC1CCNCC1)c1ccccc1-2. The van der Waals surface area contributed by atoms with Gasteiger partial charge in [-0.1, -0.05) is 42.5 Å². The average Bonchev–Trinajstić information content (AvgIpc) is 3.09. The first kappa shape index (κ1) is 18.6. The van der Waals surface area contributed by atoms with Gasteiger partial charge < -0.3 is 10.1 Å². The zero-order chi connectivity index (χ0) is 20.5. The van der Waals surface area contributed by atoms with Crippen LogP contribution in [-0.2, 0) is 0 Å². The molecule has 0 saturated carbocycles. The molecule has 5 rings (SSSR count). The molecule has 1 aliphatic carbocycles. The van der Waals surface area contributed by atoms with E-state index in [1.165, 1.54) is 0 Å². The fourth-order valence-corrected chi connectivity index (χ4v) is 4.31. The highest BCUT2D eigenvalue weighted by atomic mass is 16.6. The van der Waals surface area contributed by atoms with Crippen molar-refractivity contribution < 1.29 is 9.66 Å². The van der Waals surface area contributed by atoms with Crippen LogP contribution in [0.15, 0.2) is 66.7 Å². The summed E-state index contributed by atoms with van der Waals surface area (Å²) in [4.78, 5) is 11.0. The lowest BCUT2D eigenvalue weighted by atomic mass is 10.00. The minimum absolute atomic E-state index is 0.103. The lowest BCUT2D eigenvalue weighted by Crippen LogP contribution is -2.34. The fraction of sp³-hybridized carbons (Fsp3) is 0.200. The van der Waals surface area contributed by atoms with Crippen molar-refractivity contribution in [3.05, 3.63) is 93.5 Å². The second-order valence-corrected chi connectivity index (χ2v) is 7.70. The van der Waals surface area contributed by atoms with Crippen LogP contribution in [0.1, 0.15) is 29.5 Å². The van der Waals surface area contributed by atoms with E-state index >= 15 is 0 Å². The van der Waals surface area contributed by atoms with Gasteiger partial charge in [0.25, 0.3) is 5.69 Å². The van der Waals surface area contributed by atoms with E-state index in [0.717, 1.165) is 65.1 Å². The van der Waals surface area contributed by atoms with Crippen molar-refractivity contribution in [1.82, 2.24) is 5.32 Å². The average molecular weight is 398 g/mol. The van der Waals surface area contributed by atoms with Gasteiger partial charge in [-0.2, -0.15) is 0 Å². The van der Waals surface area contributed by atoms with Gasteiger partial charge in [0.05, 0.1) is 4.92 Å². The first-order valence-corrected chi connectivity index (χ1v) is 10.3. The molecule has 5 heteroatoms. The Morgan fingerprint density at radius 3 is 2.40 bits per heavy atom. The van der Waals surface area contributed by atoms with Crippen molar-refractivity contribution in [2.45, 2.75) is 18.9 Å². The molecule has 1 heterocycles. The standard InChI is InChI=1S/C25H22N2O3/c28-27(29)18-9-10-22-20-6-2-3-7-21(20)23(24(22)16-18)15-17-5-1-4-8-25(17)30-19-11-13-26-14-12-19/h1-10,15-16,19,26H,11-14H2/b23-15+. The van der Waals surface area contributed by atoms with E-state index in [1.54, 1.807) is 12.1 Å². The highest BCUT2D eigenvalue weighted by Crippen LogP contribution is 2.46. The van der Waals surface area contributed by atoms with Gasteiger partial charge >= 0.3 is 0 Å². The van der Waals surface area contributed by atoms with Crippen molar-refractivity contribution in [2.75, 3.05) is 13.1 Å². The quantitative estimate of drug-likeness (QED) is 0.374. The highest BCUT2D eigenvalue weighted by Gasteiger charge is 2.26. The number of nitrogens with zero attached hydrogens (tertiary/aromatic N) is 1. The summed E-state index contributed by atoms with van der Waals surface area (Å²) in [5, 5.41) is 14.7. The third-order valence-corrected chi connectivity index (χ3v) is 5.81. The van der Waals surface area contributed by atoms with E-state index < -0.39 is 0 Å². The fourth-order valence-electron chi connectivity index (χ4n) is 4.31. The van der Waals surface area contributed by atoms with Crippen molar-refractivity contribution >= 4 is 17.3 Å². The maximum Gasteiger partial charge on any atom is 0.270 e. The lowest BCUT2D eigenvalue weighted by Gasteiger charge is -2.24. The van der Waals surface area contributed by atoms with Crippen LogP contribution in [0.3, 0.4) is 0 Å². The molecule has 0 amide bonds. The number of non-ortho nitro benzene ring substituents is 1. The number of hydrogen-bond donors (Lipinski definition) is 1. The highest BCUT2D eigenvalue weighted by molar-refractivity contribution is 6.07. The van der Waals surface area contributed by atoms with Crippen molar-refractivity contribution in [1.29, 1.82) is 0 Å². The van der Waals surface area contributed by atoms with Crippen LogP contribution < -0.4 is 10.1 Å². The van der Waals surface area contributed by atoms with Gasteiger partial charge in [0.15, 0.2) is 0 Å². The Hall–Kier alpha value is -3.44. The zero-order valence-electron chi connectivity index (χ0n) is 16.5. The second kappa shape index (κ2) is 7.76. The molecule has 150 valence electrons. The Balaban J connectivity index is 1.61. The van der Waals surface area contributed by atoms with E-state index in [9.17, 15) is 10.1 Å². The van der Waals surface area contributed by atoms with Gasteiger partial charge in [0.2, 0.25) is 0 Å². The van der Waals surface area contributed by atoms with Crippen LogP contribution in [0.4, 0.5) is 5.69 Å². The molecule has 0 aromatic heterocycles. The van der Waals surface area contributed by atoms with Crippen LogP contribution in [0, 0.1) is 10.1 Å². The molecule has 1 aliphatic heterocycles. The minimum atomic E-state index is -0.338. The summed E-state index contributed by atoms with van der Waals surface area (Å²) in [5.74, 6) is 0.855. The number of rotatable bonds is 4. The summed E-state index contributed by atoms with van der Waals surface area (Å²) in [6.07, 6.45) is 4.28. The predicted octanol–water partition coefficient (Wildman–Crippen LogP) is 5.29. The first-order chi connectivity index (χ1) is 14.7. The molecular formula is C25H22N2O3. The third-order valence-electron chi connectivity index (χ3n) is 5.81. The molecule has 3 aromatic rings. The maximum atomic E-state index is 11.4. The number of nitro benzene ring substituents is 1. The lowest BCUT2D eigenvalue weighted by molar-refractivity contribution is -0.384. The summed E-state index contributed by atoms with van der Waals surface area (Å²) < 4.78 is 6.34. The Kier molecular flexibility index (Phi) is 4.81. The smallest absolute Gasteiger partial charge is 0.270 e. The Morgan fingerprint density at radius 2 is 1.60 bits per heavy atom. The number of hydrogen-bond acceptors (Lipinski definition) is 4. The van der Waals surface area contributed by atoms with Crippen LogP contribution in [0.25, 0.3) is 22.8 Å². The number of nitro groups is 1. The summed E-state index contributed by atoms with van der Waals surface area (Å²) in [6.45, 7) is 1.94. The predicted molar refractivity (Wildman–Crippen MR) is 118 cm³/mol. The molecule has 0 spiro atoms. The van der Waals surface area contributed by atoms with E-state index in [1.807, 2.05) is 42.5 Å². The normalized spacial score (nSPS) is 16.9. The number of benzene rings is 3. The van der Waals surface area contributed by atoms with Gasteiger partial charge in [-0.15, -0.1) is 0 Å². The van der Waals surface area contributed by atoms with E-state index in [-0.39, 0.29) is 16.7 Å². The van der Waals surface area contributed by atoms with E-state index in [4.69, 9.17) is 4.74 Å². The van der Waals surface area contributed by atoms with Crippen LogP contribution >= 0.6 is 0 Å². The number of ether oxygens (including phenoxy) is 1. The number of nitrogens with one attached hydrogen (secondary N) is 1. The molecule has 1 N–H and O–H groups in total. The van der Waals surface area contributed by atoms with Crippen molar-refractivity contribution in [3.63, 3.8) is 0 Å². The van der Waals surface area contributed by atoms with Gasteiger partial charge in [-0.05, 0) is 72.0 Å². The minimum Gasteiger partial charge on any atom is -0.490 e.